The van der Waals surface area contributed by atoms with Gasteiger partial charge in [0.25, 0.3) is 0 Å². The van der Waals surface area contributed by atoms with Crippen LogP contribution in [0.4, 0.5) is 0 Å². The van der Waals surface area contributed by atoms with E-state index in [0.29, 0.717) is 6.42 Å². The van der Waals surface area contributed by atoms with Crippen molar-refractivity contribution in [3.8, 4) is 0 Å². The fourth-order valence-corrected chi connectivity index (χ4v) is 1.02. The smallest absolute Gasteiger partial charge is 0.332 e. The summed E-state index contributed by atoms with van der Waals surface area (Å²) in [5.41, 5.74) is 0. The minimum Gasteiger partial charge on any atom is -0.479 e. The van der Waals surface area contributed by atoms with E-state index in [0.717, 1.165) is 0 Å². The molecule has 3 unspecified atom stereocenters. The van der Waals surface area contributed by atoms with Crippen molar-refractivity contribution in [1.82, 2.24) is 0 Å². The van der Waals surface area contributed by atoms with Crippen molar-refractivity contribution in [2.45, 2.75) is 52.4 Å². The second-order valence-corrected chi connectivity index (χ2v) is 4.04. The SMILES string of the molecule is CC(C)CC(OC(C)C(C)O)C(=O)O. The molecule has 0 aromatic rings. The van der Waals surface area contributed by atoms with Crippen LogP contribution in [0.5, 0.6) is 0 Å². The fourth-order valence-electron chi connectivity index (χ4n) is 1.02. The summed E-state index contributed by atoms with van der Waals surface area (Å²) in [6.45, 7) is 7.12. The molecule has 0 aliphatic rings. The molecule has 14 heavy (non-hydrogen) atoms. The van der Waals surface area contributed by atoms with Gasteiger partial charge in [0.05, 0.1) is 12.2 Å². The Balaban J connectivity index is 4.16. The van der Waals surface area contributed by atoms with Crippen molar-refractivity contribution in [2.75, 3.05) is 0 Å². The van der Waals surface area contributed by atoms with Gasteiger partial charge < -0.3 is 14.9 Å². The second kappa shape index (κ2) is 5.98. The van der Waals surface area contributed by atoms with Gasteiger partial charge in [0.1, 0.15) is 0 Å². The van der Waals surface area contributed by atoms with Crippen molar-refractivity contribution in [3.05, 3.63) is 0 Å². The summed E-state index contributed by atoms with van der Waals surface area (Å²) in [5, 5.41) is 18.0. The van der Waals surface area contributed by atoms with Crippen LogP contribution in [0.3, 0.4) is 0 Å². The largest absolute Gasteiger partial charge is 0.479 e. The third kappa shape index (κ3) is 5.19. The van der Waals surface area contributed by atoms with E-state index >= 15 is 0 Å². The number of aliphatic carboxylic acids is 1. The van der Waals surface area contributed by atoms with Gasteiger partial charge in [-0.15, -0.1) is 0 Å². The van der Waals surface area contributed by atoms with Crippen molar-refractivity contribution in [2.24, 2.45) is 5.92 Å². The van der Waals surface area contributed by atoms with Crippen LogP contribution in [0.1, 0.15) is 34.1 Å². The van der Waals surface area contributed by atoms with E-state index in [1.807, 2.05) is 13.8 Å². The molecule has 0 spiro atoms. The Morgan fingerprint density at radius 3 is 2.07 bits per heavy atom. The van der Waals surface area contributed by atoms with Crippen LogP contribution in [0.2, 0.25) is 0 Å². The molecule has 0 bridgehead atoms. The van der Waals surface area contributed by atoms with Crippen LogP contribution in [-0.2, 0) is 9.53 Å². The maximum atomic E-state index is 10.8. The van der Waals surface area contributed by atoms with E-state index in [9.17, 15) is 4.79 Å². The van der Waals surface area contributed by atoms with Gasteiger partial charge in [-0.25, -0.2) is 4.79 Å². The van der Waals surface area contributed by atoms with Crippen molar-refractivity contribution in [1.29, 1.82) is 0 Å². The minimum atomic E-state index is -0.966. The third-order valence-corrected chi connectivity index (χ3v) is 2.02. The quantitative estimate of drug-likeness (QED) is 0.683. The van der Waals surface area contributed by atoms with Crippen molar-refractivity contribution < 1.29 is 19.7 Å². The summed E-state index contributed by atoms with van der Waals surface area (Å²) in [6.07, 6.45) is -1.45. The third-order valence-electron chi connectivity index (χ3n) is 2.02. The molecule has 3 atom stereocenters. The maximum absolute atomic E-state index is 10.8. The van der Waals surface area contributed by atoms with Crippen LogP contribution in [0.25, 0.3) is 0 Å². The predicted molar refractivity (Wildman–Crippen MR) is 53.1 cm³/mol. The highest BCUT2D eigenvalue weighted by Crippen LogP contribution is 2.12. The Hall–Kier alpha value is -0.610. The average Bonchev–Trinajstić information content (AvgIpc) is 2.01. The minimum absolute atomic E-state index is 0.261. The first-order valence-corrected chi connectivity index (χ1v) is 4.91. The van der Waals surface area contributed by atoms with Crippen LogP contribution in [-0.4, -0.2) is 34.5 Å². The van der Waals surface area contributed by atoms with Crippen molar-refractivity contribution >= 4 is 5.97 Å². The maximum Gasteiger partial charge on any atom is 0.332 e. The lowest BCUT2D eigenvalue weighted by Crippen LogP contribution is -2.34. The summed E-state index contributed by atoms with van der Waals surface area (Å²) in [5.74, 6) is -0.705. The Morgan fingerprint density at radius 1 is 1.29 bits per heavy atom. The molecule has 0 radical (unpaired) electrons. The van der Waals surface area contributed by atoms with Crippen LogP contribution >= 0.6 is 0 Å². The van der Waals surface area contributed by atoms with Gasteiger partial charge in [-0.3, -0.25) is 0 Å². The lowest BCUT2D eigenvalue weighted by molar-refractivity contribution is -0.159. The highest BCUT2D eigenvalue weighted by Gasteiger charge is 2.23. The summed E-state index contributed by atoms with van der Waals surface area (Å²) in [7, 11) is 0. The molecular weight excluding hydrogens is 184 g/mol. The fraction of sp³-hybridized carbons (Fsp3) is 0.900. The van der Waals surface area contributed by atoms with Gasteiger partial charge in [0.15, 0.2) is 6.10 Å². The molecule has 2 N–H and O–H groups in total. The number of ether oxygens (including phenoxy) is 1. The van der Waals surface area contributed by atoms with Crippen LogP contribution < -0.4 is 0 Å². The zero-order valence-electron chi connectivity index (χ0n) is 9.23. The van der Waals surface area contributed by atoms with Gasteiger partial charge in [0.2, 0.25) is 0 Å². The van der Waals surface area contributed by atoms with E-state index in [4.69, 9.17) is 14.9 Å². The lowest BCUT2D eigenvalue weighted by atomic mass is 10.1. The molecule has 0 aromatic heterocycles. The highest BCUT2D eigenvalue weighted by molar-refractivity contribution is 5.72. The first-order chi connectivity index (χ1) is 6.34. The van der Waals surface area contributed by atoms with E-state index in [2.05, 4.69) is 0 Å². The average molecular weight is 204 g/mol. The Labute approximate surface area is 84.9 Å². The Kier molecular flexibility index (Phi) is 5.72. The lowest BCUT2D eigenvalue weighted by Gasteiger charge is -2.22. The molecule has 0 heterocycles. The topological polar surface area (TPSA) is 66.8 Å². The normalized spacial score (nSPS) is 17.9. The van der Waals surface area contributed by atoms with Crippen molar-refractivity contribution in [3.63, 3.8) is 0 Å². The first-order valence-electron chi connectivity index (χ1n) is 4.91. The number of carbonyl (C=O) groups is 1. The number of aliphatic hydroxyl groups excluding tert-OH is 1. The van der Waals surface area contributed by atoms with Gasteiger partial charge in [0, 0.05) is 0 Å². The zero-order valence-corrected chi connectivity index (χ0v) is 9.23. The Morgan fingerprint density at radius 2 is 1.79 bits per heavy atom. The van der Waals surface area contributed by atoms with E-state index in [1.54, 1.807) is 13.8 Å². The first kappa shape index (κ1) is 13.4. The van der Waals surface area contributed by atoms with Crippen LogP contribution in [0, 0.1) is 5.92 Å². The molecule has 0 saturated heterocycles. The molecule has 0 fully saturated rings. The summed E-state index contributed by atoms with van der Waals surface area (Å²) in [4.78, 5) is 10.8. The second-order valence-electron chi connectivity index (χ2n) is 4.04. The van der Waals surface area contributed by atoms with Gasteiger partial charge in [-0.1, -0.05) is 13.8 Å². The summed E-state index contributed by atoms with van der Waals surface area (Å²) >= 11 is 0. The molecule has 0 rings (SSSR count). The predicted octanol–water partition coefficient (Wildman–Crippen LogP) is 1.27. The molecule has 4 heteroatoms. The number of hydrogen-bond donors (Lipinski definition) is 2. The van der Waals surface area contributed by atoms with Crippen LogP contribution in [0.15, 0.2) is 0 Å². The van der Waals surface area contributed by atoms with Gasteiger partial charge >= 0.3 is 5.97 Å². The number of hydrogen-bond acceptors (Lipinski definition) is 3. The molecule has 0 saturated carbocycles. The number of rotatable bonds is 6. The Bertz CT molecular complexity index is 177. The number of aliphatic hydroxyl groups is 1. The van der Waals surface area contributed by atoms with Gasteiger partial charge in [-0.2, -0.15) is 0 Å². The number of carboxylic acids is 1. The molecule has 0 aliphatic carbocycles. The van der Waals surface area contributed by atoms with E-state index in [-0.39, 0.29) is 5.92 Å². The van der Waals surface area contributed by atoms with Gasteiger partial charge in [-0.05, 0) is 26.2 Å². The molecule has 0 aromatic carbocycles. The summed E-state index contributed by atoms with van der Waals surface area (Å²) in [6, 6.07) is 0. The molecule has 84 valence electrons. The zero-order chi connectivity index (χ0) is 11.3. The number of carboxylic acid groups (broad SMARTS) is 1. The molecule has 4 nitrogen and oxygen atoms in total. The molecule has 0 aliphatic heterocycles. The molecular formula is C10H20O4. The highest BCUT2D eigenvalue weighted by atomic mass is 16.5. The summed E-state index contributed by atoms with van der Waals surface area (Å²) < 4.78 is 5.23. The van der Waals surface area contributed by atoms with E-state index in [1.165, 1.54) is 0 Å². The standard InChI is InChI=1S/C10H20O4/c1-6(2)5-9(10(12)13)14-8(4)7(3)11/h6-9,11H,5H2,1-4H3,(H,12,13). The molecule has 0 amide bonds. The monoisotopic (exact) mass is 204 g/mol. The van der Waals surface area contributed by atoms with E-state index < -0.39 is 24.3 Å².